The van der Waals surface area contributed by atoms with E-state index in [-0.39, 0.29) is 11.6 Å². The van der Waals surface area contributed by atoms with E-state index in [1.54, 1.807) is 18.2 Å². The minimum atomic E-state index is -0.520. The van der Waals surface area contributed by atoms with Crippen molar-refractivity contribution in [3.63, 3.8) is 0 Å². The summed E-state index contributed by atoms with van der Waals surface area (Å²) in [6, 6.07) is 11.0. The molecule has 0 unspecified atom stereocenters. The number of benzene rings is 2. The van der Waals surface area contributed by atoms with E-state index in [1.165, 1.54) is 7.11 Å². The molecule has 2 aromatic rings. The number of hydrogen-bond donors (Lipinski definition) is 0. The Labute approximate surface area is 168 Å². The van der Waals surface area contributed by atoms with Crippen LogP contribution in [0.4, 0.5) is 0 Å². The fourth-order valence-electron chi connectivity index (χ4n) is 2.55. The molecule has 0 saturated carbocycles. The van der Waals surface area contributed by atoms with Crippen LogP contribution in [0.2, 0.25) is 5.02 Å². The summed E-state index contributed by atoms with van der Waals surface area (Å²) >= 11 is 6.34. The molecule has 6 heteroatoms. The minimum absolute atomic E-state index is 0.185. The number of methoxy groups -OCH3 is 1. The summed E-state index contributed by atoms with van der Waals surface area (Å²) in [6.45, 7) is 7.97. The van der Waals surface area contributed by atoms with Gasteiger partial charge in [0.05, 0.1) is 12.1 Å². The highest BCUT2D eigenvalue weighted by molar-refractivity contribution is 6.32. The number of hydrogen-bond acceptors (Lipinski definition) is 5. The van der Waals surface area contributed by atoms with E-state index in [0.717, 1.165) is 16.7 Å². The van der Waals surface area contributed by atoms with Crippen LogP contribution in [0.1, 0.15) is 23.6 Å². The molecule has 0 aliphatic carbocycles. The van der Waals surface area contributed by atoms with Crippen molar-refractivity contribution in [3.05, 3.63) is 76.0 Å². The van der Waals surface area contributed by atoms with Crippen LogP contribution in [-0.4, -0.2) is 25.6 Å². The van der Waals surface area contributed by atoms with Gasteiger partial charge in [0.25, 0.3) is 0 Å². The fourth-order valence-corrected chi connectivity index (χ4v) is 2.82. The third kappa shape index (κ3) is 4.43. The largest absolute Gasteiger partial charge is 0.493 e. The van der Waals surface area contributed by atoms with Gasteiger partial charge < -0.3 is 14.2 Å². The molecule has 0 bridgehead atoms. The molecule has 1 aliphatic rings. The predicted octanol–water partition coefficient (Wildman–Crippen LogP) is 4.96. The zero-order valence-electron chi connectivity index (χ0n) is 15.9. The maximum Gasteiger partial charge on any atom is 0.363 e. The van der Waals surface area contributed by atoms with E-state index in [1.807, 2.05) is 38.1 Å². The molecule has 0 aromatic heterocycles. The van der Waals surface area contributed by atoms with Gasteiger partial charge in [-0.25, -0.2) is 9.79 Å². The lowest BCUT2D eigenvalue weighted by atomic mass is 10.1. The monoisotopic (exact) mass is 397 g/mol. The molecule has 0 fully saturated rings. The number of rotatable bonds is 6. The highest BCUT2D eigenvalue weighted by Gasteiger charge is 2.24. The molecule has 0 radical (unpaired) electrons. The zero-order chi connectivity index (χ0) is 20.3. The van der Waals surface area contributed by atoms with Gasteiger partial charge in [-0.05, 0) is 55.3 Å². The molecule has 0 N–H and O–H groups in total. The number of aryl methyl sites for hydroxylation is 1. The second-order valence-corrected chi connectivity index (χ2v) is 6.89. The van der Waals surface area contributed by atoms with E-state index in [0.29, 0.717) is 28.7 Å². The number of carbonyl (C=O) groups is 1. The standard InChI is InChI=1S/C22H20ClNO4/c1-13(2)12-27-20-17(23)9-15(11-19(20)26-4)10-18-22(25)28-21(24-18)16-7-5-14(3)6-8-16/h5-11H,1,12H2,2-4H3/b18-10-. The van der Waals surface area contributed by atoms with Gasteiger partial charge in [0, 0.05) is 5.56 Å². The topological polar surface area (TPSA) is 57.1 Å². The Morgan fingerprint density at radius 3 is 2.64 bits per heavy atom. The highest BCUT2D eigenvalue weighted by atomic mass is 35.5. The molecule has 2 aromatic carbocycles. The summed E-state index contributed by atoms with van der Waals surface area (Å²) in [7, 11) is 1.52. The number of aliphatic imine (C=N–C) groups is 1. The van der Waals surface area contributed by atoms with Gasteiger partial charge in [-0.1, -0.05) is 35.9 Å². The lowest BCUT2D eigenvalue weighted by Crippen LogP contribution is -2.05. The van der Waals surface area contributed by atoms with Crippen molar-refractivity contribution in [2.75, 3.05) is 13.7 Å². The minimum Gasteiger partial charge on any atom is -0.493 e. The van der Waals surface area contributed by atoms with Crippen LogP contribution in [0.3, 0.4) is 0 Å². The molecule has 3 rings (SSSR count). The molecular weight excluding hydrogens is 378 g/mol. The molecule has 1 heterocycles. The normalized spacial score (nSPS) is 14.6. The van der Waals surface area contributed by atoms with Crippen molar-refractivity contribution in [2.45, 2.75) is 13.8 Å². The number of esters is 1. The van der Waals surface area contributed by atoms with Gasteiger partial charge in [0.2, 0.25) is 5.90 Å². The maximum absolute atomic E-state index is 12.2. The molecule has 0 atom stereocenters. The first-order valence-corrected chi connectivity index (χ1v) is 8.99. The summed E-state index contributed by atoms with van der Waals surface area (Å²) in [4.78, 5) is 16.5. The molecule has 28 heavy (non-hydrogen) atoms. The number of nitrogens with zero attached hydrogens (tertiary/aromatic N) is 1. The van der Waals surface area contributed by atoms with Crippen LogP contribution < -0.4 is 9.47 Å². The molecule has 5 nitrogen and oxygen atoms in total. The quantitative estimate of drug-likeness (QED) is 0.393. The predicted molar refractivity (Wildman–Crippen MR) is 110 cm³/mol. The Kier molecular flexibility index (Phi) is 5.85. The van der Waals surface area contributed by atoms with Gasteiger partial charge in [-0.3, -0.25) is 0 Å². The highest BCUT2D eigenvalue weighted by Crippen LogP contribution is 2.37. The Morgan fingerprint density at radius 2 is 2.00 bits per heavy atom. The van der Waals surface area contributed by atoms with Crippen molar-refractivity contribution >= 4 is 29.5 Å². The number of carbonyl (C=O) groups excluding carboxylic acids is 1. The maximum atomic E-state index is 12.2. The Morgan fingerprint density at radius 1 is 1.29 bits per heavy atom. The first kappa shape index (κ1) is 19.7. The van der Waals surface area contributed by atoms with Crippen LogP contribution in [0.15, 0.2) is 59.2 Å². The molecule has 1 aliphatic heterocycles. The van der Waals surface area contributed by atoms with Crippen LogP contribution in [0, 0.1) is 6.92 Å². The second-order valence-electron chi connectivity index (χ2n) is 6.48. The van der Waals surface area contributed by atoms with Crippen LogP contribution in [0.25, 0.3) is 6.08 Å². The van der Waals surface area contributed by atoms with E-state index in [4.69, 9.17) is 25.8 Å². The third-order valence-corrected chi connectivity index (χ3v) is 4.22. The molecular formula is C22H20ClNO4. The van der Waals surface area contributed by atoms with E-state index in [2.05, 4.69) is 11.6 Å². The van der Waals surface area contributed by atoms with Crippen molar-refractivity contribution in [3.8, 4) is 11.5 Å². The third-order valence-electron chi connectivity index (χ3n) is 3.94. The van der Waals surface area contributed by atoms with Crippen LogP contribution >= 0.6 is 11.6 Å². The summed E-state index contributed by atoms with van der Waals surface area (Å²) < 4.78 is 16.3. The molecule has 0 saturated heterocycles. The van der Waals surface area contributed by atoms with E-state index < -0.39 is 5.97 Å². The van der Waals surface area contributed by atoms with Crippen molar-refractivity contribution < 1.29 is 19.0 Å². The fraction of sp³-hybridized carbons (Fsp3) is 0.182. The van der Waals surface area contributed by atoms with E-state index in [9.17, 15) is 4.79 Å². The summed E-state index contributed by atoms with van der Waals surface area (Å²) in [5.41, 5.74) is 3.53. The first-order chi connectivity index (χ1) is 13.4. The molecule has 144 valence electrons. The molecule has 0 amide bonds. The Balaban J connectivity index is 1.91. The van der Waals surface area contributed by atoms with Gasteiger partial charge in [-0.2, -0.15) is 0 Å². The number of halogens is 1. The Hall–Kier alpha value is -3.05. The average Bonchev–Trinajstić information content (AvgIpc) is 3.01. The smallest absolute Gasteiger partial charge is 0.363 e. The SMILES string of the molecule is C=C(C)COc1c(Cl)cc(/C=C2\N=C(c3ccc(C)cc3)OC2=O)cc1OC. The average molecular weight is 398 g/mol. The van der Waals surface area contributed by atoms with Gasteiger partial charge in [0.15, 0.2) is 17.2 Å². The zero-order valence-corrected chi connectivity index (χ0v) is 16.7. The second kappa shape index (κ2) is 8.31. The van der Waals surface area contributed by atoms with E-state index >= 15 is 0 Å². The van der Waals surface area contributed by atoms with Gasteiger partial charge >= 0.3 is 5.97 Å². The lowest BCUT2D eigenvalue weighted by Gasteiger charge is -2.13. The summed E-state index contributed by atoms with van der Waals surface area (Å²) in [6.07, 6.45) is 1.60. The Bertz CT molecular complexity index is 990. The first-order valence-electron chi connectivity index (χ1n) is 8.61. The number of cyclic esters (lactones) is 1. The summed E-state index contributed by atoms with van der Waals surface area (Å²) in [5, 5.41) is 0.363. The van der Waals surface area contributed by atoms with Crippen LogP contribution in [-0.2, 0) is 9.53 Å². The van der Waals surface area contributed by atoms with Crippen LogP contribution in [0.5, 0.6) is 11.5 Å². The van der Waals surface area contributed by atoms with Gasteiger partial charge in [0.1, 0.15) is 6.61 Å². The lowest BCUT2D eigenvalue weighted by molar-refractivity contribution is -0.129. The van der Waals surface area contributed by atoms with Crippen molar-refractivity contribution in [1.29, 1.82) is 0 Å². The summed E-state index contributed by atoms with van der Waals surface area (Å²) in [5.74, 6) is 0.630. The van der Waals surface area contributed by atoms with Gasteiger partial charge in [-0.15, -0.1) is 0 Å². The van der Waals surface area contributed by atoms with Crippen molar-refractivity contribution in [1.82, 2.24) is 0 Å². The van der Waals surface area contributed by atoms with Crippen molar-refractivity contribution in [2.24, 2.45) is 4.99 Å². The number of ether oxygens (including phenoxy) is 3. The molecule has 0 spiro atoms.